The molecule has 0 aliphatic rings. The van der Waals surface area contributed by atoms with E-state index in [2.05, 4.69) is 5.16 Å². The fraction of sp³-hybridized carbons (Fsp3) is 0.148. The number of hydrogen-bond acceptors (Lipinski definition) is 6. The van der Waals surface area contributed by atoms with E-state index in [1.165, 1.54) is 18.2 Å². The maximum Gasteiger partial charge on any atom is 0.419 e. The number of aromatic nitrogens is 1. The number of nitrogens with zero attached hydrogens (tertiary/aromatic N) is 2. The van der Waals surface area contributed by atoms with Gasteiger partial charge >= 0.3 is 12.1 Å². The van der Waals surface area contributed by atoms with Gasteiger partial charge in [-0.05, 0) is 67.9 Å². The van der Waals surface area contributed by atoms with Gasteiger partial charge in [0.25, 0.3) is 0 Å². The minimum Gasteiger partial charge on any atom is -0.481 e. The number of benzene rings is 3. The normalized spacial score (nSPS) is 10.6. The van der Waals surface area contributed by atoms with Crippen molar-refractivity contribution in [1.29, 1.82) is 0 Å². The van der Waals surface area contributed by atoms with Crippen LogP contribution < -0.4 is 9.64 Å². The van der Waals surface area contributed by atoms with Crippen LogP contribution >= 0.6 is 0 Å². The second kappa shape index (κ2) is 10.7. The summed E-state index contributed by atoms with van der Waals surface area (Å²) in [6.07, 6.45) is -0.875. The molecule has 1 heterocycles. The molecule has 0 bridgehead atoms. The Labute approximate surface area is 206 Å². The highest BCUT2D eigenvalue weighted by atomic mass is 19.1. The lowest BCUT2D eigenvalue weighted by Crippen LogP contribution is -2.28. The summed E-state index contributed by atoms with van der Waals surface area (Å²) >= 11 is 0. The number of carbonyl (C=O) groups excluding carboxylic acids is 1. The Bertz CT molecular complexity index is 1380. The first kappa shape index (κ1) is 24.5. The summed E-state index contributed by atoms with van der Waals surface area (Å²) in [4.78, 5) is 25.0. The summed E-state index contributed by atoms with van der Waals surface area (Å²) in [7, 11) is 0. The highest BCUT2D eigenvalue weighted by Gasteiger charge is 2.30. The van der Waals surface area contributed by atoms with Crippen molar-refractivity contribution in [3.63, 3.8) is 0 Å². The monoisotopic (exact) mass is 490 g/mol. The smallest absolute Gasteiger partial charge is 0.419 e. The Morgan fingerprint density at radius 3 is 2.47 bits per heavy atom. The third-order valence-electron chi connectivity index (χ3n) is 5.22. The molecule has 1 N–H and O–H groups in total. The molecule has 0 saturated heterocycles. The Hall–Kier alpha value is -4.66. The number of ether oxygens (including phenoxy) is 2. The van der Waals surface area contributed by atoms with Gasteiger partial charge in [-0.15, -0.1) is 0 Å². The molecule has 0 radical (unpaired) electrons. The second-order valence-corrected chi connectivity index (χ2v) is 7.77. The van der Waals surface area contributed by atoms with Crippen molar-refractivity contribution in [2.75, 3.05) is 11.5 Å². The quantitative estimate of drug-likeness (QED) is 0.301. The molecule has 4 rings (SSSR count). The zero-order chi connectivity index (χ0) is 25.7. The number of carboxylic acid groups (broad SMARTS) is 1. The van der Waals surface area contributed by atoms with Gasteiger partial charge < -0.3 is 19.1 Å². The summed E-state index contributed by atoms with van der Waals surface area (Å²) in [6, 6.07) is 19.5. The first-order chi connectivity index (χ1) is 17.4. The molecule has 1 aromatic heterocycles. The summed E-state index contributed by atoms with van der Waals surface area (Å²) in [5.41, 5.74) is 1.79. The topological polar surface area (TPSA) is 102 Å². The largest absolute Gasteiger partial charge is 0.481 e. The van der Waals surface area contributed by atoms with Crippen molar-refractivity contribution in [3.8, 4) is 22.8 Å². The van der Waals surface area contributed by atoms with Crippen molar-refractivity contribution in [3.05, 3.63) is 89.9 Å². The zero-order valence-corrected chi connectivity index (χ0v) is 19.6. The first-order valence-electron chi connectivity index (χ1n) is 11.1. The summed E-state index contributed by atoms with van der Waals surface area (Å²) in [6.45, 7) is 3.39. The van der Waals surface area contributed by atoms with Crippen LogP contribution in [0.15, 0.2) is 77.3 Å². The lowest BCUT2D eigenvalue weighted by molar-refractivity contribution is -0.136. The lowest BCUT2D eigenvalue weighted by Gasteiger charge is -2.22. The predicted octanol–water partition coefficient (Wildman–Crippen LogP) is 6.50. The number of carboxylic acids is 1. The molecule has 1 amide bonds. The maximum atomic E-state index is 14.7. The summed E-state index contributed by atoms with van der Waals surface area (Å²) in [5, 5.41) is 13.1. The van der Waals surface area contributed by atoms with E-state index in [0.717, 1.165) is 4.90 Å². The number of anilines is 2. The third kappa shape index (κ3) is 5.35. The van der Waals surface area contributed by atoms with Crippen molar-refractivity contribution in [2.45, 2.75) is 20.3 Å². The van der Waals surface area contributed by atoms with Gasteiger partial charge in [0, 0.05) is 5.56 Å². The number of halogens is 1. The number of para-hydroxylation sites is 1. The molecule has 0 atom stereocenters. The van der Waals surface area contributed by atoms with Gasteiger partial charge in [-0.25, -0.2) is 14.1 Å². The predicted molar refractivity (Wildman–Crippen MR) is 130 cm³/mol. The molecular formula is C27H23FN2O6. The Kier molecular flexibility index (Phi) is 7.29. The van der Waals surface area contributed by atoms with Crippen LogP contribution in [0, 0.1) is 12.7 Å². The van der Waals surface area contributed by atoms with Gasteiger partial charge in [0.15, 0.2) is 5.76 Å². The van der Waals surface area contributed by atoms with E-state index in [1.54, 1.807) is 68.4 Å². The SMILES string of the molecule is CCOC(=O)N(c1ccccc1F)c1c(-c2ccc(Oc3cccc(CC(=O)O)c3)cc2)noc1C. The van der Waals surface area contributed by atoms with Gasteiger partial charge in [-0.3, -0.25) is 4.79 Å². The highest BCUT2D eigenvalue weighted by Crippen LogP contribution is 2.39. The molecule has 0 unspecified atom stereocenters. The van der Waals surface area contributed by atoms with Crippen LogP contribution in [0.4, 0.5) is 20.6 Å². The van der Waals surface area contributed by atoms with E-state index in [4.69, 9.17) is 19.1 Å². The van der Waals surface area contributed by atoms with Gasteiger partial charge in [-0.2, -0.15) is 0 Å². The average Bonchev–Trinajstić information content (AvgIpc) is 3.22. The molecule has 0 fully saturated rings. The number of aryl methyl sites for hydroxylation is 1. The fourth-order valence-electron chi connectivity index (χ4n) is 3.66. The molecule has 0 aliphatic carbocycles. The van der Waals surface area contributed by atoms with Crippen LogP contribution in [-0.4, -0.2) is 28.9 Å². The van der Waals surface area contributed by atoms with E-state index < -0.39 is 17.9 Å². The van der Waals surface area contributed by atoms with E-state index >= 15 is 0 Å². The minimum atomic E-state index is -0.928. The van der Waals surface area contributed by atoms with E-state index in [1.807, 2.05) is 0 Å². The van der Waals surface area contributed by atoms with E-state index in [-0.39, 0.29) is 24.4 Å². The number of aliphatic carboxylic acids is 1. The van der Waals surface area contributed by atoms with Crippen LogP contribution in [0.2, 0.25) is 0 Å². The van der Waals surface area contributed by atoms with E-state index in [9.17, 15) is 14.0 Å². The van der Waals surface area contributed by atoms with E-state index in [0.29, 0.717) is 34.1 Å². The average molecular weight is 490 g/mol. The van der Waals surface area contributed by atoms with Crippen LogP contribution in [-0.2, 0) is 16.0 Å². The van der Waals surface area contributed by atoms with Crippen molar-refractivity contribution >= 4 is 23.4 Å². The molecular weight excluding hydrogens is 467 g/mol. The third-order valence-corrected chi connectivity index (χ3v) is 5.22. The molecule has 0 spiro atoms. The summed E-state index contributed by atoms with van der Waals surface area (Å²) < 4.78 is 31.2. The van der Waals surface area contributed by atoms with Crippen molar-refractivity contribution in [1.82, 2.24) is 5.16 Å². The number of carbonyl (C=O) groups is 2. The Morgan fingerprint density at radius 1 is 1.03 bits per heavy atom. The standard InChI is InChI=1S/C27H23FN2O6/c1-3-34-27(33)30(23-10-5-4-9-22(23)28)26-17(2)36-29-25(26)19-11-13-20(14-12-19)35-21-8-6-7-18(15-21)16-24(31)32/h4-15H,3,16H2,1-2H3,(H,31,32). The fourth-order valence-corrected chi connectivity index (χ4v) is 3.66. The maximum absolute atomic E-state index is 14.7. The van der Waals surface area contributed by atoms with Gasteiger partial charge in [0.1, 0.15) is 28.7 Å². The molecule has 0 saturated carbocycles. The molecule has 8 nitrogen and oxygen atoms in total. The Balaban J connectivity index is 1.66. The lowest BCUT2D eigenvalue weighted by atomic mass is 10.1. The summed E-state index contributed by atoms with van der Waals surface area (Å²) in [5.74, 6) is -0.234. The van der Waals surface area contributed by atoms with Gasteiger partial charge in [-0.1, -0.05) is 29.4 Å². The van der Waals surface area contributed by atoms with Crippen molar-refractivity contribution < 1.29 is 33.1 Å². The molecule has 0 aliphatic heterocycles. The molecule has 184 valence electrons. The highest BCUT2D eigenvalue weighted by molar-refractivity contribution is 6.00. The van der Waals surface area contributed by atoms with Crippen LogP contribution in [0.1, 0.15) is 18.2 Å². The second-order valence-electron chi connectivity index (χ2n) is 7.77. The van der Waals surface area contributed by atoms with Gasteiger partial charge in [0.05, 0.1) is 18.7 Å². The van der Waals surface area contributed by atoms with Crippen molar-refractivity contribution in [2.24, 2.45) is 0 Å². The van der Waals surface area contributed by atoms with Crippen LogP contribution in [0.5, 0.6) is 11.5 Å². The molecule has 3 aromatic carbocycles. The molecule has 36 heavy (non-hydrogen) atoms. The molecule has 9 heteroatoms. The Morgan fingerprint density at radius 2 is 1.78 bits per heavy atom. The minimum absolute atomic E-state index is 0.00435. The zero-order valence-electron chi connectivity index (χ0n) is 19.6. The number of rotatable bonds is 8. The van der Waals surface area contributed by atoms with Crippen LogP contribution in [0.3, 0.4) is 0 Å². The first-order valence-corrected chi connectivity index (χ1v) is 11.1. The van der Waals surface area contributed by atoms with Crippen LogP contribution in [0.25, 0.3) is 11.3 Å². The molecule has 4 aromatic rings. The number of amides is 1. The number of hydrogen-bond donors (Lipinski definition) is 1. The van der Waals surface area contributed by atoms with Gasteiger partial charge in [0.2, 0.25) is 0 Å².